The van der Waals surface area contributed by atoms with Crippen molar-refractivity contribution in [2.75, 3.05) is 0 Å². The van der Waals surface area contributed by atoms with Crippen LogP contribution < -0.4 is 0 Å². The summed E-state index contributed by atoms with van der Waals surface area (Å²) < 4.78 is 27.4. The van der Waals surface area contributed by atoms with E-state index in [0.717, 1.165) is 49.7 Å². The molecule has 0 spiro atoms. The molecule has 1 nitrogen and oxygen atoms in total. The van der Waals surface area contributed by atoms with Gasteiger partial charge in [-0.25, -0.2) is 8.78 Å². The summed E-state index contributed by atoms with van der Waals surface area (Å²) in [5.74, 6) is -1.10. The van der Waals surface area contributed by atoms with Gasteiger partial charge in [0.05, 0.1) is 0 Å². The summed E-state index contributed by atoms with van der Waals surface area (Å²) in [5.41, 5.74) is 0.978. The first-order valence-corrected chi connectivity index (χ1v) is 12.9. The highest BCUT2D eigenvalue weighted by Gasteiger charge is 2.25. The lowest BCUT2D eigenvalue weighted by Crippen LogP contribution is -2.13. The summed E-state index contributed by atoms with van der Waals surface area (Å²) in [6, 6.07) is 9.48. The molecule has 1 aromatic rings. The first kappa shape index (κ1) is 31.2. The fraction of sp³-hybridized carbons (Fsp3) is 0.633. The lowest BCUT2D eigenvalue weighted by molar-refractivity contribution is -0.117. The highest BCUT2D eigenvalue weighted by atomic mass is 19.3. The number of carbonyl (C=O) groups excluding carboxylic acids is 1. The van der Waals surface area contributed by atoms with Crippen LogP contribution in [0.25, 0.3) is 0 Å². The largest absolute Gasteiger partial charge is 0.300 e. The van der Waals surface area contributed by atoms with Gasteiger partial charge in [0.25, 0.3) is 5.92 Å². The lowest BCUT2D eigenvalue weighted by atomic mass is 10.0. The van der Waals surface area contributed by atoms with Crippen molar-refractivity contribution in [1.82, 2.24) is 0 Å². The third kappa shape index (κ3) is 20.6. The molecule has 1 aliphatic carbocycles. The number of hydrogen-bond acceptors (Lipinski definition) is 1. The second-order valence-corrected chi connectivity index (χ2v) is 9.50. The average molecular weight is 463 g/mol. The van der Waals surface area contributed by atoms with Crippen LogP contribution in [-0.2, 0) is 11.2 Å². The average Bonchev–Trinajstić information content (AvgIpc) is 3.30. The highest BCUT2D eigenvalue weighted by Crippen LogP contribution is 2.29. The summed E-state index contributed by atoms with van der Waals surface area (Å²) in [6.45, 7) is 10.4. The van der Waals surface area contributed by atoms with E-state index >= 15 is 0 Å². The van der Waals surface area contributed by atoms with Crippen LogP contribution in [0.4, 0.5) is 8.78 Å². The van der Waals surface area contributed by atoms with E-state index in [1.54, 1.807) is 13.0 Å². The number of allylic oxidation sites excluding steroid dienone is 4. The first-order chi connectivity index (χ1) is 15.7. The molecule has 0 atom stereocenters. The van der Waals surface area contributed by atoms with Crippen molar-refractivity contribution in [3.05, 3.63) is 60.2 Å². The molecule has 1 aliphatic rings. The molecule has 0 aliphatic heterocycles. The molecule has 0 aromatic heterocycles. The van der Waals surface area contributed by atoms with Gasteiger partial charge in [-0.15, -0.1) is 0 Å². The standard InChI is InChI=1S/C16H20F2.C8H14O.C6H14/c17-16(18,13-11-15-8-4-5-9-15)12-10-14-6-2-1-3-7-14;1-3-4-5-6-7-8(2)9;1-4-5-6(2)3/h1-3,6-7,11,13,15H,4-5,8-10,12H2;3-4H,5-7H2,1-2H3;6H,4-5H2,1-3H3/b13-11+;4-3-;. The summed E-state index contributed by atoms with van der Waals surface area (Å²) in [7, 11) is 0. The molecule has 3 heteroatoms. The Hall–Kier alpha value is -1.77. The maximum Gasteiger partial charge on any atom is 0.266 e. The van der Waals surface area contributed by atoms with Crippen molar-refractivity contribution >= 4 is 5.78 Å². The normalized spacial score (nSPS) is 14.3. The maximum atomic E-state index is 13.7. The Balaban J connectivity index is 0.000000571. The van der Waals surface area contributed by atoms with Gasteiger partial charge in [-0.05, 0) is 69.4 Å². The number of carbonyl (C=O) groups is 1. The van der Waals surface area contributed by atoms with Crippen LogP contribution in [0.5, 0.6) is 0 Å². The molecule has 1 saturated carbocycles. The van der Waals surface area contributed by atoms with E-state index < -0.39 is 5.92 Å². The van der Waals surface area contributed by atoms with Crippen molar-refractivity contribution in [2.45, 2.75) is 111 Å². The Labute approximate surface area is 202 Å². The molecule has 0 amide bonds. The van der Waals surface area contributed by atoms with Crippen LogP contribution in [0.3, 0.4) is 0 Å². The van der Waals surface area contributed by atoms with Crippen molar-refractivity contribution in [3.63, 3.8) is 0 Å². The predicted octanol–water partition coefficient (Wildman–Crippen LogP) is 9.77. The SMILES string of the molecule is C/C=C\CCCC(C)=O.CCCC(C)C.FC(F)(/C=C/C1CCCC1)CCc1ccccc1. The van der Waals surface area contributed by atoms with Gasteiger partial charge in [-0.3, -0.25) is 0 Å². The number of aryl methyl sites for hydroxylation is 1. The van der Waals surface area contributed by atoms with Crippen molar-refractivity contribution in [3.8, 4) is 0 Å². The minimum absolute atomic E-state index is 0.0970. The van der Waals surface area contributed by atoms with Gasteiger partial charge in [0, 0.05) is 12.8 Å². The monoisotopic (exact) mass is 462 g/mol. The van der Waals surface area contributed by atoms with Crippen molar-refractivity contribution < 1.29 is 13.6 Å². The summed E-state index contributed by atoms with van der Waals surface area (Å²) >= 11 is 0. The molecule has 0 heterocycles. The third-order valence-corrected chi connectivity index (χ3v) is 5.60. The van der Waals surface area contributed by atoms with Crippen LogP contribution in [0.15, 0.2) is 54.6 Å². The minimum atomic E-state index is -2.67. The van der Waals surface area contributed by atoms with Gasteiger partial charge in [0.2, 0.25) is 0 Å². The number of halogens is 2. The Kier molecular flexibility index (Phi) is 18.6. The van der Waals surface area contributed by atoms with E-state index in [0.29, 0.717) is 18.1 Å². The lowest BCUT2D eigenvalue weighted by Gasteiger charge is -2.12. The zero-order valence-corrected chi connectivity index (χ0v) is 21.8. The molecule has 0 saturated heterocycles. The quantitative estimate of drug-likeness (QED) is 0.236. The summed E-state index contributed by atoms with van der Waals surface area (Å²) in [5, 5.41) is 0. The molecular weight excluding hydrogens is 414 g/mol. The van der Waals surface area contributed by atoms with Crippen molar-refractivity contribution in [2.24, 2.45) is 11.8 Å². The van der Waals surface area contributed by atoms with Gasteiger partial charge in [0.1, 0.15) is 5.78 Å². The van der Waals surface area contributed by atoms with Gasteiger partial charge in [-0.1, -0.05) is 95.0 Å². The van der Waals surface area contributed by atoms with Gasteiger partial charge >= 0.3 is 0 Å². The van der Waals surface area contributed by atoms with Crippen LogP contribution >= 0.6 is 0 Å². The molecule has 1 aromatic carbocycles. The number of hydrogen-bond donors (Lipinski definition) is 0. The van der Waals surface area contributed by atoms with E-state index in [1.807, 2.05) is 43.3 Å². The van der Waals surface area contributed by atoms with Crippen LogP contribution in [0, 0.1) is 11.8 Å². The zero-order valence-electron chi connectivity index (χ0n) is 21.8. The van der Waals surface area contributed by atoms with Crippen LogP contribution in [0.2, 0.25) is 0 Å². The van der Waals surface area contributed by atoms with Crippen LogP contribution in [-0.4, -0.2) is 11.7 Å². The number of unbranched alkanes of at least 4 members (excludes halogenated alkanes) is 1. The smallest absolute Gasteiger partial charge is 0.266 e. The molecule has 0 N–H and O–H groups in total. The van der Waals surface area contributed by atoms with E-state index in [1.165, 1.54) is 25.7 Å². The Bertz CT molecular complexity index is 641. The Morgan fingerprint density at radius 1 is 1.15 bits per heavy atom. The summed E-state index contributed by atoms with van der Waals surface area (Å²) in [6.07, 6.45) is 17.3. The molecule has 2 rings (SSSR count). The fourth-order valence-electron chi connectivity index (χ4n) is 3.68. The van der Waals surface area contributed by atoms with Gasteiger partial charge in [0.15, 0.2) is 0 Å². The molecule has 188 valence electrons. The predicted molar refractivity (Wildman–Crippen MR) is 140 cm³/mol. The van der Waals surface area contributed by atoms with Gasteiger partial charge in [-0.2, -0.15) is 0 Å². The number of alkyl halides is 2. The zero-order chi connectivity index (χ0) is 25.0. The third-order valence-electron chi connectivity index (χ3n) is 5.60. The van der Waals surface area contributed by atoms with E-state index in [2.05, 4.69) is 26.8 Å². The first-order valence-electron chi connectivity index (χ1n) is 12.9. The van der Waals surface area contributed by atoms with Crippen molar-refractivity contribution in [1.29, 1.82) is 0 Å². The maximum absolute atomic E-state index is 13.7. The molecular formula is C30H48F2O. The number of benzene rings is 1. The number of ketones is 1. The van der Waals surface area contributed by atoms with E-state index in [4.69, 9.17) is 0 Å². The highest BCUT2D eigenvalue weighted by molar-refractivity contribution is 5.75. The number of rotatable bonds is 11. The topological polar surface area (TPSA) is 17.1 Å². The Morgan fingerprint density at radius 3 is 2.27 bits per heavy atom. The molecule has 33 heavy (non-hydrogen) atoms. The minimum Gasteiger partial charge on any atom is -0.300 e. The fourth-order valence-corrected chi connectivity index (χ4v) is 3.68. The van der Waals surface area contributed by atoms with E-state index in [9.17, 15) is 13.6 Å². The van der Waals surface area contributed by atoms with E-state index in [-0.39, 0.29) is 6.42 Å². The second-order valence-electron chi connectivity index (χ2n) is 9.50. The molecule has 1 fully saturated rings. The molecule has 0 unspecified atom stereocenters. The second kappa shape index (κ2) is 19.7. The molecule has 0 radical (unpaired) electrons. The van der Waals surface area contributed by atoms with Gasteiger partial charge < -0.3 is 4.79 Å². The summed E-state index contributed by atoms with van der Waals surface area (Å²) in [4.78, 5) is 10.4. The Morgan fingerprint density at radius 2 is 1.79 bits per heavy atom. The van der Waals surface area contributed by atoms with Crippen LogP contribution in [0.1, 0.15) is 104 Å². The molecule has 0 bridgehead atoms. The number of Topliss-reactive ketones (excluding diaryl/α,β-unsaturated/α-hetero) is 1.